The zero-order valence-electron chi connectivity index (χ0n) is 13.0. The summed E-state index contributed by atoms with van der Waals surface area (Å²) in [5.74, 6) is -0.00345. The molecule has 0 aliphatic heterocycles. The van der Waals surface area contributed by atoms with Gasteiger partial charge in [-0.05, 0) is 54.8 Å². The summed E-state index contributed by atoms with van der Waals surface area (Å²) in [5.41, 5.74) is 0.902. The third-order valence-electron chi connectivity index (χ3n) is 3.33. The minimum Gasteiger partial charge on any atom is -0.308 e. The molecule has 0 saturated heterocycles. The number of nitrogens with two attached hydrogens (primary N) is 1. The second kappa shape index (κ2) is 7.78. The molecule has 1 amide bonds. The summed E-state index contributed by atoms with van der Waals surface area (Å²) < 4.78 is 35.7. The molecule has 0 aromatic heterocycles. The van der Waals surface area contributed by atoms with Crippen LogP contribution in [0.15, 0.2) is 53.4 Å². The Labute approximate surface area is 144 Å². The van der Waals surface area contributed by atoms with E-state index in [1.54, 1.807) is 11.8 Å². The number of halogens is 1. The Morgan fingerprint density at radius 2 is 1.71 bits per heavy atom. The molecule has 2 rings (SSSR count). The Morgan fingerprint density at radius 1 is 1.12 bits per heavy atom. The predicted molar refractivity (Wildman–Crippen MR) is 94.3 cm³/mol. The first-order valence-electron chi connectivity index (χ1n) is 7.02. The minimum absolute atomic E-state index is 0.0229. The SMILES string of the molecule is CSCCN(C(=O)c1ccc(F)cc1)c1ccc(S(N)(=O)=O)cc1. The largest absolute Gasteiger partial charge is 0.308 e. The first kappa shape index (κ1) is 18.4. The van der Waals surface area contributed by atoms with Gasteiger partial charge in [0.1, 0.15) is 5.82 Å². The predicted octanol–water partition coefficient (Wildman–Crippen LogP) is 2.48. The quantitative estimate of drug-likeness (QED) is 0.849. The highest BCUT2D eigenvalue weighted by Gasteiger charge is 2.18. The molecule has 0 aliphatic carbocycles. The van der Waals surface area contributed by atoms with Crippen molar-refractivity contribution < 1.29 is 17.6 Å². The fraction of sp³-hybridized carbons (Fsp3) is 0.188. The number of carbonyl (C=O) groups excluding carboxylic acids is 1. The molecule has 0 atom stereocenters. The van der Waals surface area contributed by atoms with E-state index in [0.717, 1.165) is 0 Å². The summed E-state index contributed by atoms with van der Waals surface area (Å²) in [6.45, 7) is 0.437. The van der Waals surface area contributed by atoms with Crippen LogP contribution in [0.5, 0.6) is 0 Å². The molecule has 2 aromatic rings. The lowest BCUT2D eigenvalue weighted by molar-refractivity contribution is 0.0988. The summed E-state index contributed by atoms with van der Waals surface area (Å²) in [4.78, 5) is 14.2. The Hall–Kier alpha value is -1.90. The molecule has 0 unspecified atom stereocenters. The van der Waals surface area contributed by atoms with Gasteiger partial charge in [0.2, 0.25) is 10.0 Å². The minimum atomic E-state index is -3.79. The van der Waals surface area contributed by atoms with Crippen LogP contribution < -0.4 is 10.0 Å². The topological polar surface area (TPSA) is 80.5 Å². The van der Waals surface area contributed by atoms with Gasteiger partial charge in [-0.15, -0.1) is 0 Å². The first-order valence-corrected chi connectivity index (χ1v) is 9.96. The van der Waals surface area contributed by atoms with Crippen molar-refractivity contribution in [1.29, 1.82) is 0 Å². The lowest BCUT2D eigenvalue weighted by atomic mass is 10.1. The molecule has 0 bridgehead atoms. The number of amides is 1. The maximum absolute atomic E-state index is 13.0. The molecule has 0 aliphatic rings. The van der Waals surface area contributed by atoms with E-state index >= 15 is 0 Å². The van der Waals surface area contributed by atoms with Gasteiger partial charge >= 0.3 is 0 Å². The molecule has 0 saturated carbocycles. The highest BCUT2D eigenvalue weighted by Crippen LogP contribution is 2.20. The Kier molecular flexibility index (Phi) is 5.98. The third kappa shape index (κ3) is 4.56. The lowest BCUT2D eigenvalue weighted by Gasteiger charge is -2.23. The molecule has 24 heavy (non-hydrogen) atoms. The fourth-order valence-electron chi connectivity index (χ4n) is 2.09. The van der Waals surface area contributed by atoms with Gasteiger partial charge < -0.3 is 4.90 Å². The molecular formula is C16H17FN2O3S2. The van der Waals surface area contributed by atoms with Crippen LogP contribution in [0, 0.1) is 5.82 Å². The number of carbonyl (C=O) groups is 1. The van der Waals surface area contributed by atoms with Crippen molar-refractivity contribution in [3.63, 3.8) is 0 Å². The maximum Gasteiger partial charge on any atom is 0.258 e. The monoisotopic (exact) mass is 368 g/mol. The number of sulfonamides is 1. The van der Waals surface area contributed by atoms with Crippen LogP contribution in [0.1, 0.15) is 10.4 Å². The molecule has 5 nitrogen and oxygen atoms in total. The average Bonchev–Trinajstić information content (AvgIpc) is 2.55. The maximum atomic E-state index is 13.0. The van der Waals surface area contributed by atoms with Crippen LogP contribution in [-0.2, 0) is 10.0 Å². The van der Waals surface area contributed by atoms with E-state index < -0.39 is 15.8 Å². The summed E-state index contributed by atoms with van der Waals surface area (Å²) in [6.07, 6.45) is 1.92. The smallest absolute Gasteiger partial charge is 0.258 e. The van der Waals surface area contributed by atoms with Crippen molar-refractivity contribution in [3.8, 4) is 0 Å². The highest BCUT2D eigenvalue weighted by molar-refractivity contribution is 7.98. The van der Waals surface area contributed by atoms with Crippen molar-refractivity contribution in [3.05, 3.63) is 59.9 Å². The number of rotatable bonds is 6. The molecule has 0 heterocycles. The zero-order chi connectivity index (χ0) is 17.7. The van der Waals surface area contributed by atoms with Gasteiger partial charge in [-0.3, -0.25) is 4.79 Å². The van der Waals surface area contributed by atoms with E-state index in [0.29, 0.717) is 23.5 Å². The van der Waals surface area contributed by atoms with Crippen molar-refractivity contribution in [2.24, 2.45) is 5.14 Å². The Morgan fingerprint density at radius 3 is 2.21 bits per heavy atom. The highest BCUT2D eigenvalue weighted by atomic mass is 32.2. The van der Waals surface area contributed by atoms with E-state index in [2.05, 4.69) is 0 Å². The summed E-state index contributed by atoms with van der Waals surface area (Å²) >= 11 is 1.58. The Bertz CT molecular complexity index is 806. The van der Waals surface area contributed by atoms with Crippen LogP contribution in [-0.4, -0.2) is 32.9 Å². The lowest BCUT2D eigenvalue weighted by Crippen LogP contribution is -2.33. The van der Waals surface area contributed by atoms with Gasteiger partial charge in [0, 0.05) is 23.5 Å². The van der Waals surface area contributed by atoms with Crippen LogP contribution in [0.3, 0.4) is 0 Å². The van der Waals surface area contributed by atoms with Crippen LogP contribution in [0.2, 0.25) is 0 Å². The van der Waals surface area contributed by atoms with Crippen molar-refractivity contribution in [2.45, 2.75) is 4.90 Å². The fourth-order valence-corrected chi connectivity index (χ4v) is 2.98. The van der Waals surface area contributed by atoms with Gasteiger partial charge in [0.25, 0.3) is 5.91 Å². The number of thioether (sulfide) groups is 1. The molecule has 2 aromatic carbocycles. The number of nitrogens with zero attached hydrogens (tertiary/aromatic N) is 1. The average molecular weight is 368 g/mol. The number of hydrogen-bond acceptors (Lipinski definition) is 4. The molecule has 0 radical (unpaired) electrons. The van der Waals surface area contributed by atoms with Crippen molar-refractivity contribution in [1.82, 2.24) is 0 Å². The van der Waals surface area contributed by atoms with E-state index in [9.17, 15) is 17.6 Å². The molecule has 0 fully saturated rings. The molecule has 128 valence electrons. The summed E-state index contributed by atoms with van der Waals surface area (Å²) in [6, 6.07) is 11.1. The standard InChI is InChI=1S/C16H17FN2O3S2/c1-23-11-10-19(16(20)12-2-4-13(17)5-3-12)14-6-8-15(9-7-14)24(18,21)22/h2-9H,10-11H2,1H3,(H2,18,21,22). The van der Waals surface area contributed by atoms with E-state index in [4.69, 9.17) is 5.14 Å². The van der Waals surface area contributed by atoms with Gasteiger partial charge in [0.05, 0.1) is 4.90 Å². The summed E-state index contributed by atoms with van der Waals surface area (Å²) in [7, 11) is -3.79. The molecule has 0 spiro atoms. The Balaban J connectivity index is 2.34. The number of primary sulfonamides is 1. The second-order valence-corrected chi connectivity index (χ2v) is 7.54. The first-order chi connectivity index (χ1) is 11.3. The van der Waals surface area contributed by atoms with E-state index in [1.807, 2.05) is 6.26 Å². The number of benzene rings is 2. The normalized spacial score (nSPS) is 11.3. The van der Waals surface area contributed by atoms with Crippen molar-refractivity contribution in [2.75, 3.05) is 23.5 Å². The summed E-state index contributed by atoms with van der Waals surface area (Å²) in [5, 5.41) is 5.08. The number of anilines is 1. The van der Waals surface area contributed by atoms with E-state index in [-0.39, 0.29) is 10.8 Å². The van der Waals surface area contributed by atoms with Crippen LogP contribution in [0.4, 0.5) is 10.1 Å². The van der Waals surface area contributed by atoms with Gasteiger partial charge in [-0.1, -0.05) is 0 Å². The van der Waals surface area contributed by atoms with Crippen molar-refractivity contribution >= 4 is 33.4 Å². The number of hydrogen-bond donors (Lipinski definition) is 1. The second-order valence-electron chi connectivity index (χ2n) is 5.00. The van der Waals surface area contributed by atoms with Crippen LogP contribution in [0.25, 0.3) is 0 Å². The van der Waals surface area contributed by atoms with Gasteiger partial charge in [-0.2, -0.15) is 11.8 Å². The van der Waals surface area contributed by atoms with Gasteiger partial charge in [-0.25, -0.2) is 17.9 Å². The van der Waals surface area contributed by atoms with Gasteiger partial charge in [0.15, 0.2) is 0 Å². The molecule has 8 heteroatoms. The molecule has 2 N–H and O–H groups in total. The molecular weight excluding hydrogens is 351 g/mol. The zero-order valence-corrected chi connectivity index (χ0v) is 14.6. The van der Waals surface area contributed by atoms with E-state index in [1.165, 1.54) is 53.4 Å². The van der Waals surface area contributed by atoms with Crippen LogP contribution >= 0.6 is 11.8 Å². The third-order valence-corrected chi connectivity index (χ3v) is 4.85.